The number of carbonyl (C=O) groups excluding carboxylic acids is 2. The molecule has 0 radical (unpaired) electrons. The molecule has 232 valence electrons. The molecule has 0 atom stereocenters. The fourth-order valence-electron chi connectivity index (χ4n) is 5.94. The number of anilines is 2. The van der Waals surface area contributed by atoms with Gasteiger partial charge in [-0.3, -0.25) is 9.59 Å². The normalized spacial score (nSPS) is 14.3. The number of fused-ring (bicyclic) bond motifs is 1. The second kappa shape index (κ2) is 13.9. The van der Waals surface area contributed by atoms with E-state index in [0.29, 0.717) is 54.6 Å². The van der Waals surface area contributed by atoms with Crippen molar-refractivity contribution in [1.29, 1.82) is 0 Å². The molecule has 0 spiro atoms. The van der Waals surface area contributed by atoms with Crippen LogP contribution in [-0.4, -0.2) is 49.7 Å². The molecule has 2 aliphatic rings. The molecule has 1 fully saturated rings. The SMILES string of the molecule is CC1CCN(c2ccc(-c3cccc(CN(CCCN)C(=O)c4ccc5c(c4)OCO5)c3)cc2NC(=O)c2ccccc2)CC1. The zero-order valence-corrected chi connectivity index (χ0v) is 25.7. The summed E-state index contributed by atoms with van der Waals surface area (Å²) in [6.45, 7) is 5.83. The van der Waals surface area contributed by atoms with Crippen molar-refractivity contribution >= 4 is 23.2 Å². The van der Waals surface area contributed by atoms with Crippen LogP contribution in [-0.2, 0) is 6.54 Å². The Bertz CT molecular complexity index is 1650. The smallest absolute Gasteiger partial charge is 0.255 e. The van der Waals surface area contributed by atoms with E-state index in [1.165, 1.54) is 0 Å². The van der Waals surface area contributed by atoms with E-state index in [1.807, 2.05) is 47.4 Å². The highest BCUT2D eigenvalue weighted by Gasteiger charge is 2.22. The molecular weight excluding hydrogens is 564 g/mol. The summed E-state index contributed by atoms with van der Waals surface area (Å²) in [4.78, 5) is 31.1. The Morgan fingerprint density at radius 3 is 2.44 bits per heavy atom. The first-order chi connectivity index (χ1) is 22.0. The summed E-state index contributed by atoms with van der Waals surface area (Å²) >= 11 is 0. The van der Waals surface area contributed by atoms with Crippen LogP contribution in [0.3, 0.4) is 0 Å². The summed E-state index contributed by atoms with van der Waals surface area (Å²) in [5.41, 5.74) is 11.8. The first-order valence-electron chi connectivity index (χ1n) is 15.7. The third kappa shape index (κ3) is 7.13. The lowest BCUT2D eigenvalue weighted by Gasteiger charge is -2.33. The fraction of sp³-hybridized carbons (Fsp3) is 0.297. The fourth-order valence-corrected chi connectivity index (χ4v) is 5.94. The average Bonchev–Trinajstić information content (AvgIpc) is 3.55. The van der Waals surface area contributed by atoms with Crippen LogP contribution in [0.15, 0.2) is 91.0 Å². The van der Waals surface area contributed by atoms with E-state index in [0.717, 1.165) is 54.0 Å². The van der Waals surface area contributed by atoms with Crippen LogP contribution in [0.5, 0.6) is 11.5 Å². The van der Waals surface area contributed by atoms with Gasteiger partial charge in [0.1, 0.15) is 0 Å². The highest BCUT2D eigenvalue weighted by Crippen LogP contribution is 2.35. The van der Waals surface area contributed by atoms with Gasteiger partial charge in [-0.15, -0.1) is 0 Å². The molecule has 0 saturated carbocycles. The van der Waals surface area contributed by atoms with Crippen molar-refractivity contribution in [3.05, 3.63) is 108 Å². The Balaban J connectivity index is 1.27. The number of carbonyl (C=O) groups is 2. The molecule has 2 heterocycles. The van der Waals surface area contributed by atoms with E-state index >= 15 is 0 Å². The molecule has 2 amide bonds. The summed E-state index contributed by atoms with van der Waals surface area (Å²) < 4.78 is 10.9. The van der Waals surface area contributed by atoms with Gasteiger partial charge in [0.25, 0.3) is 11.8 Å². The summed E-state index contributed by atoms with van der Waals surface area (Å²) in [7, 11) is 0. The van der Waals surface area contributed by atoms with Gasteiger partial charge in [0, 0.05) is 37.3 Å². The van der Waals surface area contributed by atoms with Gasteiger partial charge in [-0.1, -0.05) is 49.4 Å². The molecule has 4 aromatic carbocycles. The van der Waals surface area contributed by atoms with Crippen molar-refractivity contribution in [3.63, 3.8) is 0 Å². The standard InChI is InChI=1S/C37H40N4O4/c1-26-15-19-40(20-16-26)33-13-11-30(22-32(33)39-36(42)28-8-3-2-4-9-28)29-10-5-7-27(21-29)24-41(18-6-17-38)37(43)31-12-14-34-35(23-31)45-25-44-34/h2-5,7-14,21-23,26H,6,15-20,24-25,38H2,1H3,(H,39,42). The third-order valence-corrected chi connectivity index (χ3v) is 8.58. The van der Waals surface area contributed by atoms with E-state index in [-0.39, 0.29) is 18.6 Å². The van der Waals surface area contributed by atoms with Crippen LogP contribution in [0.2, 0.25) is 0 Å². The van der Waals surface area contributed by atoms with Gasteiger partial charge in [-0.05, 0) is 96.9 Å². The van der Waals surface area contributed by atoms with Crippen molar-refractivity contribution in [2.24, 2.45) is 11.7 Å². The van der Waals surface area contributed by atoms with E-state index in [2.05, 4.69) is 47.5 Å². The Morgan fingerprint density at radius 1 is 0.867 bits per heavy atom. The van der Waals surface area contributed by atoms with E-state index < -0.39 is 0 Å². The zero-order chi connectivity index (χ0) is 31.2. The largest absolute Gasteiger partial charge is 0.454 e. The van der Waals surface area contributed by atoms with Gasteiger partial charge in [-0.25, -0.2) is 0 Å². The van der Waals surface area contributed by atoms with Crippen LogP contribution in [0.25, 0.3) is 11.1 Å². The number of nitrogens with zero attached hydrogens (tertiary/aromatic N) is 2. The summed E-state index contributed by atoms with van der Waals surface area (Å²) in [5.74, 6) is 1.71. The molecule has 0 aliphatic carbocycles. The minimum atomic E-state index is -0.134. The van der Waals surface area contributed by atoms with E-state index in [1.54, 1.807) is 18.2 Å². The lowest BCUT2D eigenvalue weighted by Crippen LogP contribution is -2.33. The van der Waals surface area contributed by atoms with Crippen LogP contribution >= 0.6 is 0 Å². The van der Waals surface area contributed by atoms with Crippen molar-refractivity contribution in [3.8, 4) is 22.6 Å². The predicted molar refractivity (Wildman–Crippen MR) is 178 cm³/mol. The van der Waals surface area contributed by atoms with Gasteiger partial charge >= 0.3 is 0 Å². The number of hydrogen-bond donors (Lipinski definition) is 2. The number of rotatable bonds is 10. The van der Waals surface area contributed by atoms with Gasteiger partial charge in [0.15, 0.2) is 11.5 Å². The Kier molecular flexibility index (Phi) is 9.31. The first kappa shape index (κ1) is 30.2. The lowest BCUT2D eigenvalue weighted by molar-refractivity contribution is 0.0741. The van der Waals surface area contributed by atoms with Crippen molar-refractivity contribution < 1.29 is 19.1 Å². The van der Waals surface area contributed by atoms with Crippen molar-refractivity contribution in [2.45, 2.75) is 32.7 Å². The van der Waals surface area contributed by atoms with Crippen LogP contribution in [0.4, 0.5) is 11.4 Å². The Morgan fingerprint density at radius 2 is 1.64 bits per heavy atom. The molecule has 45 heavy (non-hydrogen) atoms. The Labute approximate surface area is 264 Å². The van der Waals surface area contributed by atoms with Gasteiger partial charge < -0.3 is 30.3 Å². The number of benzene rings is 4. The van der Waals surface area contributed by atoms with Gasteiger partial charge in [-0.2, -0.15) is 0 Å². The van der Waals surface area contributed by atoms with Crippen molar-refractivity contribution in [1.82, 2.24) is 4.90 Å². The molecule has 4 aromatic rings. The molecule has 6 rings (SSSR count). The molecule has 8 heteroatoms. The van der Waals surface area contributed by atoms with E-state index in [9.17, 15) is 9.59 Å². The number of hydrogen-bond acceptors (Lipinski definition) is 6. The summed E-state index contributed by atoms with van der Waals surface area (Å²) in [6, 6.07) is 29.1. The molecule has 2 aliphatic heterocycles. The minimum absolute atomic E-state index is 0.0849. The predicted octanol–water partition coefficient (Wildman–Crippen LogP) is 6.56. The lowest BCUT2D eigenvalue weighted by atomic mass is 9.97. The number of amides is 2. The van der Waals surface area contributed by atoms with Gasteiger partial charge in [0.2, 0.25) is 6.79 Å². The summed E-state index contributed by atoms with van der Waals surface area (Å²) in [5, 5.41) is 3.20. The topological polar surface area (TPSA) is 97.1 Å². The maximum absolute atomic E-state index is 13.6. The summed E-state index contributed by atoms with van der Waals surface area (Å²) in [6.07, 6.45) is 2.94. The van der Waals surface area contributed by atoms with Crippen molar-refractivity contribution in [2.75, 3.05) is 43.2 Å². The zero-order valence-electron chi connectivity index (χ0n) is 25.7. The molecule has 1 saturated heterocycles. The molecule has 0 bridgehead atoms. The molecule has 0 unspecified atom stereocenters. The quantitative estimate of drug-likeness (QED) is 0.213. The third-order valence-electron chi connectivity index (χ3n) is 8.58. The van der Waals surface area contributed by atoms with Crippen LogP contribution in [0.1, 0.15) is 52.5 Å². The second-order valence-corrected chi connectivity index (χ2v) is 11.9. The highest BCUT2D eigenvalue weighted by molar-refractivity contribution is 6.06. The molecule has 0 aromatic heterocycles. The van der Waals surface area contributed by atoms with Crippen LogP contribution < -0.4 is 25.4 Å². The highest BCUT2D eigenvalue weighted by atomic mass is 16.7. The van der Waals surface area contributed by atoms with E-state index in [4.69, 9.17) is 15.2 Å². The Hall–Kier alpha value is -4.82. The molecule has 3 N–H and O–H groups in total. The number of piperidine rings is 1. The van der Waals surface area contributed by atoms with Crippen LogP contribution in [0, 0.1) is 5.92 Å². The second-order valence-electron chi connectivity index (χ2n) is 11.9. The number of ether oxygens (including phenoxy) is 2. The number of nitrogens with one attached hydrogen (secondary N) is 1. The first-order valence-corrected chi connectivity index (χ1v) is 15.7. The van der Waals surface area contributed by atoms with Gasteiger partial charge in [0.05, 0.1) is 11.4 Å². The molecular formula is C37H40N4O4. The average molecular weight is 605 g/mol. The molecule has 8 nitrogen and oxygen atoms in total. The minimum Gasteiger partial charge on any atom is -0.454 e. The maximum atomic E-state index is 13.6. The monoisotopic (exact) mass is 604 g/mol. The number of nitrogens with two attached hydrogens (primary N) is 1. The maximum Gasteiger partial charge on any atom is 0.255 e.